The van der Waals surface area contributed by atoms with Gasteiger partial charge in [-0.1, -0.05) is 17.7 Å². The van der Waals surface area contributed by atoms with Gasteiger partial charge in [0.1, 0.15) is 12.3 Å². The number of hydrogen-bond donors (Lipinski definition) is 1. The van der Waals surface area contributed by atoms with Gasteiger partial charge in [0.15, 0.2) is 6.61 Å². The van der Waals surface area contributed by atoms with E-state index in [1.54, 1.807) is 24.4 Å². The summed E-state index contributed by atoms with van der Waals surface area (Å²) in [6.07, 6.45) is -4.41. The fourth-order valence-electron chi connectivity index (χ4n) is 1.35. The van der Waals surface area contributed by atoms with Crippen molar-refractivity contribution in [2.24, 2.45) is 0 Å². The summed E-state index contributed by atoms with van der Waals surface area (Å²) in [4.78, 5) is 11.1. The Hall–Kier alpha value is -1.72. The minimum absolute atomic E-state index is 0.431. The average molecular weight is 261 g/mol. The number of nitrogens with one attached hydrogen (secondary N) is 1. The molecule has 0 unspecified atom stereocenters. The number of amides is 1. The zero-order chi connectivity index (χ0) is 13.8. The van der Waals surface area contributed by atoms with Crippen LogP contribution < -0.4 is 10.1 Å². The van der Waals surface area contributed by atoms with Gasteiger partial charge >= 0.3 is 6.18 Å². The molecule has 0 bridgehead atoms. The van der Waals surface area contributed by atoms with Crippen molar-refractivity contribution >= 4 is 5.91 Å². The molecule has 0 aliphatic heterocycles. The number of aryl methyl sites for hydroxylation is 2. The van der Waals surface area contributed by atoms with Crippen LogP contribution in [0.25, 0.3) is 0 Å². The van der Waals surface area contributed by atoms with Crippen LogP contribution in [-0.2, 0) is 4.79 Å². The van der Waals surface area contributed by atoms with Gasteiger partial charge < -0.3 is 10.1 Å². The van der Waals surface area contributed by atoms with Gasteiger partial charge in [-0.05, 0) is 25.5 Å². The lowest BCUT2D eigenvalue weighted by Gasteiger charge is -2.11. The maximum Gasteiger partial charge on any atom is 0.405 e. The normalized spacial score (nSPS) is 11.2. The van der Waals surface area contributed by atoms with Gasteiger partial charge in [0.25, 0.3) is 5.91 Å². The molecule has 3 nitrogen and oxygen atoms in total. The Balaban J connectivity index is 2.43. The summed E-state index contributed by atoms with van der Waals surface area (Å²) in [6.45, 7) is 1.94. The molecule has 0 radical (unpaired) electrons. The molecule has 1 aromatic carbocycles. The first-order valence-electron chi connectivity index (χ1n) is 5.31. The molecule has 6 heteroatoms. The van der Waals surface area contributed by atoms with Crippen LogP contribution in [-0.4, -0.2) is 25.2 Å². The van der Waals surface area contributed by atoms with E-state index in [0.717, 1.165) is 11.1 Å². The Morgan fingerprint density at radius 3 is 2.56 bits per heavy atom. The summed E-state index contributed by atoms with van der Waals surface area (Å²) in [6, 6.07) is 5.35. The fourth-order valence-corrected chi connectivity index (χ4v) is 1.35. The molecule has 1 rings (SSSR count). The molecule has 0 heterocycles. The highest BCUT2D eigenvalue weighted by atomic mass is 19.4. The van der Waals surface area contributed by atoms with Gasteiger partial charge in [-0.15, -0.1) is 0 Å². The molecule has 0 fully saturated rings. The standard InChI is InChI=1S/C12H14F3NO2/c1-8-3-4-10(9(2)5-8)18-6-11(17)16-7-12(13,14)15/h3-5H,6-7H2,1-2H3,(H,16,17). The Labute approximate surface area is 103 Å². The molecule has 0 saturated heterocycles. The van der Waals surface area contributed by atoms with Crippen molar-refractivity contribution in [2.75, 3.05) is 13.2 Å². The molecule has 1 N–H and O–H groups in total. The van der Waals surface area contributed by atoms with Crippen LogP contribution in [0.15, 0.2) is 18.2 Å². The second-order valence-corrected chi connectivity index (χ2v) is 3.95. The third kappa shape index (κ3) is 5.07. The van der Waals surface area contributed by atoms with E-state index in [1.165, 1.54) is 0 Å². The van der Waals surface area contributed by atoms with E-state index in [1.807, 2.05) is 13.0 Å². The van der Waals surface area contributed by atoms with Crippen molar-refractivity contribution in [1.82, 2.24) is 5.32 Å². The van der Waals surface area contributed by atoms with Gasteiger partial charge in [0.2, 0.25) is 0 Å². The molecule has 0 aliphatic carbocycles. The lowest BCUT2D eigenvalue weighted by atomic mass is 10.1. The molecular formula is C12H14F3NO2. The molecule has 0 spiro atoms. The van der Waals surface area contributed by atoms with Crippen LogP contribution in [0.5, 0.6) is 5.75 Å². The van der Waals surface area contributed by atoms with Crippen molar-refractivity contribution < 1.29 is 22.7 Å². The SMILES string of the molecule is Cc1ccc(OCC(=O)NCC(F)(F)F)c(C)c1. The molecule has 0 saturated carbocycles. The quantitative estimate of drug-likeness (QED) is 0.903. The first kappa shape index (κ1) is 14.3. The average Bonchev–Trinajstić information content (AvgIpc) is 2.24. The second-order valence-electron chi connectivity index (χ2n) is 3.95. The Bertz CT molecular complexity index is 430. The van der Waals surface area contributed by atoms with Gasteiger partial charge in [-0.25, -0.2) is 0 Å². The van der Waals surface area contributed by atoms with E-state index in [4.69, 9.17) is 4.74 Å². The monoisotopic (exact) mass is 261 g/mol. The van der Waals surface area contributed by atoms with Crippen LogP contribution in [0.3, 0.4) is 0 Å². The number of carbonyl (C=O) groups excluding carboxylic acids is 1. The Morgan fingerprint density at radius 2 is 2.00 bits per heavy atom. The number of ether oxygens (including phenoxy) is 1. The molecule has 100 valence electrons. The predicted octanol–water partition coefficient (Wildman–Crippen LogP) is 2.36. The minimum Gasteiger partial charge on any atom is -0.484 e. The van der Waals surface area contributed by atoms with E-state index in [0.29, 0.717) is 5.75 Å². The van der Waals surface area contributed by atoms with Crippen LogP contribution in [0.4, 0.5) is 13.2 Å². The van der Waals surface area contributed by atoms with Crippen LogP contribution in [0, 0.1) is 13.8 Å². The summed E-state index contributed by atoms with van der Waals surface area (Å²) in [5.41, 5.74) is 1.87. The van der Waals surface area contributed by atoms with Gasteiger partial charge in [-0.3, -0.25) is 4.79 Å². The molecule has 1 aromatic rings. The number of rotatable bonds is 4. The Morgan fingerprint density at radius 1 is 1.33 bits per heavy atom. The van der Waals surface area contributed by atoms with Crippen LogP contribution in [0.2, 0.25) is 0 Å². The molecule has 1 amide bonds. The molecule has 0 aliphatic rings. The van der Waals surface area contributed by atoms with Gasteiger partial charge in [0.05, 0.1) is 0 Å². The van der Waals surface area contributed by atoms with E-state index in [9.17, 15) is 18.0 Å². The lowest BCUT2D eigenvalue weighted by Crippen LogP contribution is -2.36. The number of alkyl halides is 3. The number of hydrogen-bond acceptors (Lipinski definition) is 2. The number of halogens is 3. The summed E-state index contributed by atoms with van der Waals surface area (Å²) >= 11 is 0. The highest BCUT2D eigenvalue weighted by Gasteiger charge is 2.27. The maximum absolute atomic E-state index is 11.8. The summed E-state index contributed by atoms with van der Waals surface area (Å²) in [5, 5.41) is 1.73. The third-order valence-electron chi connectivity index (χ3n) is 2.18. The van der Waals surface area contributed by atoms with Crippen molar-refractivity contribution in [3.05, 3.63) is 29.3 Å². The largest absolute Gasteiger partial charge is 0.484 e. The van der Waals surface area contributed by atoms with Crippen molar-refractivity contribution in [3.63, 3.8) is 0 Å². The van der Waals surface area contributed by atoms with E-state index in [-0.39, 0.29) is 0 Å². The highest BCUT2D eigenvalue weighted by Crippen LogP contribution is 2.18. The molecule has 0 aromatic heterocycles. The number of carbonyl (C=O) groups is 1. The van der Waals surface area contributed by atoms with Crippen LogP contribution in [0.1, 0.15) is 11.1 Å². The number of benzene rings is 1. The second kappa shape index (κ2) is 5.75. The zero-order valence-corrected chi connectivity index (χ0v) is 10.1. The topological polar surface area (TPSA) is 38.3 Å². The van der Waals surface area contributed by atoms with Crippen molar-refractivity contribution in [1.29, 1.82) is 0 Å². The van der Waals surface area contributed by atoms with Gasteiger partial charge in [0, 0.05) is 0 Å². The predicted molar refractivity (Wildman–Crippen MR) is 60.5 cm³/mol. The van der Waals surface area contributed by atoms with E-state index in [2.05, 4.69) is 0 Å². The lowest BCUT2D eigenvalue weighted by molar-refractivity contribution is -0.139. The fraction of sp³-hybridized carbons (Fsp3) is 0.417. The smallest absolute Gasteiger partial charge is 0.405 e. The summed E-state index contributed by atoms with van der Waals surface area (Å²) in [5.74, 6) is -0.310. The summed E-state index contributed by atoms with van der Waals surface area (Å²) in [7, 11) is 0. The summed E-state index contributed by atoms with van der Waals surface area (Å²) < 4.78 is 40.6. The van der Waals surface area contributed by atoms with E-state index < -0.39 is 25.2 Å². The maximum atomic E-state index is 11.8. The third-order valence-corrected chi connectivity index (χ3v) is 2.18. The van der Waals surface area contributed by atoms with Crippen molar-refractivity contribution in [3.8, 4) is 5.75 Å². The first-order valence-corrected chi connectivity index (χ1v) is 5.31. The molecular weight excluding hydrogens is 247 g/mol. The zero-order valence-electron chi connectivity index (χ0n) is 10.1. The highest BCUT2D eigenvalue weighted by molar-refractivity contribution is 5.77. The Kier molecular flexibility index (Phi) is 4.58. The van der Waals surface area contributed by atoms with Gasteiger partial charge in [-0.2, -0.15) is 13.2 Å². The first-order chi connectivity index (χ1) is 8.28. The minimum atomic E-state index is -4.41. The van der Waals surface area contributed by atoms with E-state index >= 15 is 0 Å². The van der Waals surface area contributed by atoms with Crippen LogP contribution >= 0.6 is 0 Å². The molecule has 0 atom stereocenters. The molecule has 18 heavy (non-hydrogen) atoms. The van der Waals surface area contributed by atoms with Crippen molar-refractivity contribution in [2.45, 2.75) is 20.0 Å².